The number of hydrogen-bond donors (Lipinski definition) is 0. The third-order valence-electron chi connectivity index (χ3n) is 2.37. The van der Waals surface area contributed by atoms with Crippen LogP contribution in [-0.4, -0.2) is 16.1 Å². The summed E-state index contributed by atoms with van der Waals surface area (Å²) < 4.78 is 14.3. The molecule has 0 unspecified atom stereocenters. The zero-order chi connectivity index (χ0) is 12.3. The van der Waals surface area contributed by atoms with Crippen LogP contribution in [0.5, 0.6) is 0 Å². The molecule has 0 aliphatic rings. The molecular weight excluding hydrogens is 219 g/mol. The average molecular weight is 230 g/mol. The van der Waals surface area contributed by atoms with Gasteiger partial charge in [-0.05, 0) is 30.3 Å². The molecule has 0 fully saturated rings. The first-order valence-electron chi connectivity index (χ1n) is 5.14. The van der Waals surface area contributed by atoms with Crippen molar-refractivity contribution in [2.75, 3.05) is 0 Å². The van der Waals surface area contributed by atoms with Crippen LogP contribution in [0, 0.1) is 5.82 Å². The Hall–Kier alpha value is -2.23. The molecule has 0 aliphatic carbocycles. The minimum Gasteiger partial charge on any atom is -0.296 e. The van der Waals surface area contributed by atoms with Crippen LogP contribution in [0.2, 0.25) is 0 Å². The molecule has 1 aromatic carbocycles. The van der Waals surface area contributed by atoms with Gasteiger partial charge in [0.15, 0.2) is 6.29 Å². The molecular formula is C13H11FN2O. The quantitative estimate of drug-likeness (QED) is 0.598. The van der Waals surface area contributed by atoms with Gasteiger partial charge in [-0.3, -0.25) is 9.48 Å². The Morgan fingerprint density at radius 2 is 2.06 bits per heavy atom. The predicted molar refractivity (Wildman–Crippen MR) is 63.2 cm³/mol. The zero-order valence-corrected chi connectivity index (χ0v) is 9.14. The first-order chi connectivity index (χ1) is 8.24. The van der Waals surface area contributed by atoms with Crippen LogP contribution >= 0.6 is 0 Å². The minimum atomic E-state index is -0.296. The van der Waals surface area contributed by atoms with Crippen molar-refractivity contribution < 1.29 is 9.18 Å². The number of hydrogen-bond acceptors (Lipinski definition) is 2. The molecule has 2 aromatic rings. The molecule has 0 spiro atoms. The summed E-state index contributed by atoms with van der Waals surface area (Å²) in [6, 6.07) is 7.66. The zero-order valence-electron chi connectivity index (χ0n) is 9.14. The van der Waals surface area contributed by atoms with Crippen LogP contribution < -0.4 is 0 Å². The molecule has 0 aliphatic heterocycles. The largest absolute Gasteiger partial charge is 0.296 e. The molecule has 1 heterocycles. The molecule has 0 radical (unpaired) electrons. The molecule has 0 saturated carbocycles. The van der Waals surface area contributed by atoms with Gasteiger partial charge in [-0.2, -0.15) is 5.10 Å². The number of benzene rings is 1. The van der Waals surface area contributed by atoms with Crippen molar-refractivity contribution in [2.45, 2.75) is 6.54 Å². The van der Waals surface area contributed by atoms with E-state index in [9.17, 15) is 9.18 Å². The molecule has 3 nitrogen and oxygen atoms in total. The predicted octanol–water partition coefficient (Wildman–Crippen LogP) is 2.69. The monoisotopic (exact) mass is 230 g/mol. The highest BCUT2D eigenvalue weighted by Gasteiger charge is 2.07. The molecule has 0 atom stereocenters. The summed E-state index contributed by atoms with van der Waals surface area (Å²) in [6.45, 7) is 4.07. The van der Waals surface area contributed by atoms with Gasteiger partial charge in [0.25, 0.3) is 0 Å². The summed E-state index contributed by atoms with van der Waals surface area (Å²) in [5.41, 5.74) is 1.90. The number of halogens is 1. The highest BCUT2D eigenvalue weighted by molar-refractivity contribution is 5.75. The second kappa shape index (κ2) is 4.74. The number of nitrogens with zero attached hydrogens (tertiary/aromatic N) is 2. The Balaban J connectivity index is 2.42. The number of aromatic nitrogens is 2. The van der Waals surface area contributed by atoms with Crippen molar-refractivity contribution in [3.63, 3.8) is 0 Å². The van der Waals surface area contributed by atoms with E-state index in [0.717, 1.165) is 11.8 Å². The molecule has 17 heavy (non-hydrogen) atoms. The van der Waals surface area contributed by atoms with E-state index in [0.29, 0.717) is 17.9 Å². The van der Waals surface area contributed by atoms with E-state index in [2.05, 4.69) is 11.7 Å². The van der Waals surface area contributed by atoms with E-state index in [1.165, 1.54) is 12.1 Å². The van der Waals surface area contributed by atoms with E-state index in [1.54, 1.807) is 29.0 Å². The van der Waals surface area contributed by atoms with E-state index in [4.69, 9.17) is 0 Å². The van der Waals surface area contributed by atoms with Crippen LogP contribution in [0.3, 0.4) is 0 Å². The number of allylic oxidation sites excluding steroid dienone is 1. The van der Waals surface area contributed by atoms with Gasteiger partial charge in [-0.1, -0.05) is 6.08 Å². The Morgan fingerprint density at radius 1 is 1.35 bits per heavy atom. The van der Waals surface area contributed by atoms with Crippen LogP contribution in [0.15, 0.2) is 43.0 Å². The van der Waals surface area contributed by atoms with Gasteiger partial charge in [-0.15, -0.1) is 6.58 Å². The minimum absolute atomic E-state index is 0.296. The smallest absolute Gasteiger partial charge is 0.168 e. The maximum Gasteiger partial charge on any atom is 0.168 e. The van der Waals surface area contributed by atoms with Gasteiger partial charge in [0, 0.05) is 5.56 Å². The summed E-state index contributed by atoms with van der Waals surface area (Å²) in [4.78, 5) is 10.8. The van der Waals surface area contributed by atoms with Crippen LogP contribution in [0.1, 0.15) is 10.5 Å². The second-order valence-corrected chi connectivity index (χ2v) is 3.55. The second-order valence-electron chi connectivity index (χ2n) is 3.55. The number of carbonyl (C=O) groups is 1. The van der Waals surface area contributed by atoms with Crippen molar-refractivity contribution in [1.29, 1.82) is 0 Å². The van der Waals surface area contributed by atoms with Crippen LogP contribution in [0.25, 0.3) is 11.3 Å². The maximum absolute atomic E-state index is 12.8. The molecule has 0 amide bonds. The molecule has 0 bridgehead atoms. The molecule has 86 valence electrons. The molecule has 1 aromatic heterocycles. The summed E-state index contributed by atoms with van der Waals surface area (Å²) in [7, 11) is 0. The van der Waals surface area contributed by atoms with E-state index < -0.39 is 0 Å². The lowest BCUT2D eigenvalue weighted by molar-refractivity contribution is 0.111. The Kier molecular flexibility index (Phi) is 3.14. The topological polar surface area (TPSA) is 34.9 Å². The fraction of sp³-hybridized carbons (Fsp3) is 0.0769. The lowest BCUT2D eigenvalue weighted by Crippen LogP contribution is -2.01. The summed E-state index contributed by atoms with van der Waals surface area (Å²) >= 11 is 0. The van der Waals surface area contributed by atoms with Crippen molar-refractivity contribution in [3.05, 3.63) is 54.5 Å². The first-order valence-corrected chi connectivity index (χ1v) is 5.14. The average Bonchev–Trinajstić information content (AvgIpc) is 2.74. The lowest BCUT2D eigenvalue weighted by Gasteiger charge is -1.97. The van der Waals surface area contributed by atoms with Crippen molar-refractivity contribution in [2.24, 2.45) is 0 Å². The Morgan fingerprint density at radius 3 is 2.65 bits per heavy atom. The standard InChI is InChI=1S/C13H11FN2O/c1-2-7-16-12(9-17)8-13(15-16)10-3-5-11(14)6-4-10/h2-6,8-9H,1,7H2. The lowest BCUT2D eigenvalue weighted by atomic mass is 10.1. The number of aldehydes is 1. The Bertz CT molecular complexity index is 543. The summed E-state index contributed by atoms with van der Waals surface area (Å²) in [5.74, 6) is -0.296. The molecule has 2 rings (SSSR count). The summed E-state index contributed by atoms with van der Waals surface area (Å²) in [6.07, 6.45) is 2.40. The fourth-order valence-corrected chi connectivity index (χ4v) is 1.56. The van der Waals surface area contributed by atoms with E-state index in [1.807, 2.05) is 0 Å². The van der Waals surface area contributed by atoms with Gasteiger partial charge in [0.2, 0.25) is 0 Å². The van der Waals surface area contributed by atoms with Crippen molar-refractivity contribution >= 4 is 6.29 Å². The highest BCUT2D eigenvalue weighted by atomic mass is 19.1. The van der Waals surface area contributed by atoms with E-state index in [-0.39, 0.29) is 5.82 Å². The van der Waals surface area contributed by atoms with Gasteiger partial charge < -0.3 is 0 Å². The number of rotatable bonds is 4. The molecule has 0 N–H and O–H groups in total. The van der Waals surface area contributed by atoms with Crippen LogP contribution in [0.4, 0.5) is 4.39 Å². The highest BCUT2D eigenvalue weighted by Crippen LogP contribution is 2.19. The fourth-order valence-electron chi connectivity index (χ4n) is 1.56. The Labute approximate surface area is 98.2 Å². The SMILES string of the molecule is C=CCn1nc(-c2ccc(F)cc2)cc1C=O. The van der Waals surface area contributed by atoms with Gasteiger partial charge in [-0.25, -0.2) is 4.39 Å². The van der Waals surface area contributed by atoms with Crippen LogP contribution in [-0.2, 0) is 6.54 Å². The number of carbonyl (C=O) groups excluding carboxylic acids is 1. The molecule has 4 heteroatoms. The van der Waals surface area contributed by atoms with Gasteiger partial charge in [0.05, 0.1) is 12.2 Å². The van der Waals surface area contributed by atoms with Gasteiger partial charge in [0.1, 0.15) is 11.5 Å². The first kappa shape index (κ1) is 11.3. The third kappa shape index (κ3) is 2.30. The van der Waals surface area contributed by atoms with Crippen molar-refractivity contribution in [3.8, 4) is 11.3 Å². The molecule has 0 saturated heterocycles. The van der Waals surface area contributed by atoms with Gasteiger partial charge >= 0.3 is 0 Å². The van der Waals surface area contributed by atoms with Crippen molar-refractivity contribution in [1.82, 2.24) is 9.78 Å². The van der Waals surface area contributed by atoms with E-state index >= 15 is 0 Å². The third-order valence-corrected chi connectivity index (χ3v) is 2.37. The normalized spacial score (nSPS) is 10.2. The summed E-state index contributed by atoms with van der Waals surface area (Å²) in [5, 5.41) is 4.26. The maximum atomic E-state index is 12.8.